The number of rotatable bonds is 6. The van der Waals surface area contributed by atoms with E-state index in [9.17, 15) is 4.79 Å². The first-order valence-corrected chi connectivity index (χ1v) is 10.4. The average Bonchev–Trinajstić information content (AvgIpc) is 2.91. The van der Waals surface area contributed by atoms with Gasteiger partial charge >= 0.3 is 0 Å². The Labute approximate surface area is 167 Å². The van der Waals surface area contributed by atoms with Gasteiger partial charge in [-0.3, -0.25) is 4.79 Å². The molecule has 140 valence electrons. The third kappa shape index (κ3) is 4.56. The quantitative estimate of drug-likeness (QED) is 0.438. The van der Waals surface area contributed by atoms with Gasteiger partial charge in [-0.15, -0.1) is 11.3 Å². The van der Waals surface area contributed by atoms with Crippen LogP contribution in [-0.2, 0) is 12.8 Å². The number of carbonyl (C=O) groups excluding carboxylic acids is 1. The molecule has 27 heavy (non-hydrogen) atoms. The first-order valence-electron chi connectivity index (χ1n) is 9.59. The predicted molar refractivity (Wildman–Crippen MR) is 116 cm³/mol. The van der Waals surface area contributed by atoms with Crippen molar-refractivity contribution in [2.75, 3.05) is 0 Å². The molecule has 0 fully saturated rings. The van der Waals surface area contributed by atoms with Crippen molar-refractivity contribution < 1.29 is 4.79 Å². The van der Waals surface area contributed by atoms with E-state index in [0.29, 0.717) is 6.42 Å². The molecule has 3 aromatic rings. The highest BCUT2D eigenvalue weighted by molar-refractivity contribution is 7.14. The van der Waals surface area contributed by atoms with E-state index in [1.54, 1.807) is 11.3 Å². The highest BCUT2D eigenvalue weighted by Gasteiger charge is 2.18. The largest absolute Gasteiger partial charge is 0.293 e. The van der Waals surface area contributed by atoms with E-state index in [-0.39, 0.29) is 5.78 Å². The minimum atomic E-state index is 0.274. The number of hydrogen-bond donors (Lipinski definition) is 0. The van der Waals surface area contributed by atoms with Crippen LogP contribution in [-0.4, -0.2) is 5.78 Å². The second kappa shape index (κ2) is 8.22. The summed E-state index contributed by atoms with van der Waals surface area (Å²) in [6, 6.07) is 15.2. The fraction of sp³-hybridized carbons (Fsp3) is 0.320. The van der Waals surface area contributed by atoms with E-state index in [1.807, 2.05) is 0 Å². The molecule has 1 aromatic heterocycles. The second-order valence-corrected chi connectivity index (χ2v) is 8.73. The number of aryl methyl sites for hydroxylation is 4. The highest BCUT2D eigenvalue weighted by Crippen LogP contribution is 2.31. The van der Waals surface area contributed by atoms with E-state index in [0.717, 1.165) is 23.3 Å². The van der Waals surface area contributed by atoms with Crippen molar-refractivity contribution >= 4 is 17.1 Å². The van der Waals surface area contributed by atoms with Gasteiger partial charge in [0.25, 0.3) is 0 Å². The molecule has 1 heterocycles. The Balaban J connectivity index is 1.74. The van der Waals surface area contributed by atoms with Crippen LogP contribution in [0, 0.1) is 34.6 Å². The lowest BCUT2D eigenvalue weighted by atomic mass is 9.99. The molecule has 0 amide bonds. The highest BCUT2D eigenvalue weighted by atomic mass is 32.1. The van der Waals surface area contributed by atoms with Crippen molar-refractivity contribution in [1.29, 1.82) is 0 Å². The van der Waals surface area contributed by atoms with Gasteiger partial charge in [0.05, 0.1) is 4.88 Å². The smallest absolute Gasteiger partial charge is 0.173 e. The Morgan fingerprint density at radius 1 is 0.852 bits per heavy atom. The Morgan fingerprint density at radius 3 is 2.19 bits per heavy atom. The summed E-state index contributed by atoms with van der Waals surface area (Å²) in [6.45, 7) is 10.6. The number of hydrogen-bond acceptors (Lipinski definition) is 2. The van der Waals surface area contributed by atoms with Crippen LogP contribution in [0.3, 0.4) is 0 Å². The number of benzene rings is 2. The first kappa shape index (κ1) is 19.6. The number of carbonyl (C=O) groups is 1. The normalized spacial score (nSPS) is 11.0. The topological polar surface area (TPSA) is 17.1 Å². The van der Waals surface area contributed by atoms with Crippen LogP contribution in [0.25, 0.3) is 0 Å². The van der Waals surface area contributed by atoms with E-state index < -0.39 is 0 Å². The number of Topliss-reactive ketones (excluding diaryl/α,β-unsaturated/α-hetero) is 1. The molecule has 3 rings (SSSR count). The molecule has 0 aliphatic heterocycles. The molecular formula is C25H28OS. The summed E-state index contributed by atoms with van der Waals surface area (Å²) in [5, 5.41) is 0. The molecular weight excluding hydrogens is 348 g/mol. The zero-order valence-corrected chi connectivity index (χ0v) is 17.8. The molecule has 1 nitrogen and oxygen atoms in total. The standard InChI is InChI=1S/C25H28OS/c1-16-6-9-21(10-7-16)15-24-19(4)20(5)25(27-24)23(26)13-12-22-11-8-17(2)14-18(22)3/h6-11,14H,12-13,15H2,1-5H3. The van der Waals surface area contributed by atoms with Crippen LogP contribution in [0.5, 0.6) is 0 Å². The molecule has 0 N–H and O–H groups in total. The van der Waals surface area contributed by atoms with Gasteiger partial charge in [0, 0.05) is 17.7 Å². The molecule has 0 saturated heterocycles. The summed E-state index contributed by atoms with van der Waals surface area (Å²) >= 11 is 1.69. The van der Waals surface area contributed by atoms with E-state index in [4.69, 9.17) is 0 Å². The molecule has 0 saturated carbocycles. The van der Waals surface area contributed by atoms with Crippen molar-refractivity contribution in [1.82, 2.24) is 0 Å². The fourth-order valence-electron chi connectivity index (χ4n) is 3.47. The van der Waals surface area contributed by atoms with E-state index in [2.05, 4.69) is 77.1 Å². The van der Waals surface area contributed by atoms with Crippen molar-refractivity contribution in [2.24, 2.45) is 0 Å². The van der Waals surface area contributed by atoms with Gasteiger partial charge in [-0.2, -0.15) is 0 Å². The number of thiophene rings is 1. The summed E-state index contributed by atoms with van der Waals surface area (Å²) in [6.07, 6.45) is 2.30. The molecule has 2 aromatic carbocycles. The first-order chi connectivity index (χ1) is 12.8. The fourth-order valence-corrected chi connectivity index (χ4v) is 4.78. The van der Waals surface area contributed by atoms with Crippen molar-refractivity contribution in [3.8, 4) is 0 Å². The Bertz CT molecular complexity index is 961. The van der Waals surface area contributed by atoms with Crippen LogP contribution in [0.15, 0.2) is 42.5 Å². The maximum atomic E-state index is 12.9. The van der Waals surface area contributed by atoms with Gasteiger partial charge in [-0.1, -0.05) is 53.6 Å². The van der Waals surface area contributed by atoms with E-state index >= 15 is 0 Å². The lowest BCUT2D eigenvalue weighted by Gasteiger charge is -2.06. The minimum Gasteiger partial charge on any atom is -0.293 e. The zero-order valence-electron chi connectivity index (χ0n) is 17.0. The average molecular weight is 377 g/mol. The second-order valence-electron chi connectivity index (χ2n) is 7.62. The van der Waals surface area contributed by atoms with Gasteiger partial charge in [0.1, 0.15) is 0 Å². The molecule has 0 unspecified atom stereocenters. The van der Waals surface area contributed by atoms with Crippen molar-refractivity contribution in [3.63, 3.8) is 0 Å². The molecule has 0 atom stereocenters. The van der Waals surface area contributed by atoms with Crippen LogP contribution in [0.1, 0.15) is 59.9 Å². The maximum absolute atomic E-state index is 12.9. The van der Waals surface area contributed by atoms with Crippen LogP contribution in [0.2, 0.25) is 0 Å². The van der Waals surface area contributed by atoms with Crippen molar-refractivity contribution in [3.05, 3.63) is 91.2 Å². The monoisotopic (exact) mass is 376 g/mol. The summed E-state index contributed by atoms with van der Waals surface area (Å²) in [5.41, 5.74) is 8.84. The summed E-state index contributed by atoms with van der Waals surface area (Å²) in [5.74, 6) is 0.274. The van der Waals surface area contributed by atoms with Crippen LogP contribution >= 0.6 is 11.3 Å². The van der Waals surface area contributed by atoms with Gasteiger partial charge in [-0.25, -0.2) is 0 Å². The number of ketones is 1. The zero-order chi connectivity index (χ0) is 19.6. The summed E-state index contributed by atoms with van der Waals surface area (Å²) in [4.78, 5) is 15.1. The summed E-state index contributed by atoms with van der Waals surface area (Å²) in [7, 11) is 0. The molecule has 2 heteroatoms. The SMILES string of the molecule is Cc1ccc(Cc2sc(C(=O)CCc3ccc(C)cc3C)c(C)c2C)cc1. The maximum Gasteiger partial charge on any atom is 0.173 e. The third-order valence-corrected chi connectivity index (χ3v) is 6.84. The van der Waals surface area contributed by atoms with E-state index in [1.165, 1.54) is 38.3 Å². The lowest BCUT2D eigenvalue weighted by Crippen LogP contribution is -2.02. The van der Waals surface area contributed by atoms with Gasteiger partial charge in [0.15, 0.2) is 5.78 Å². The third-order valence-electron chi connectivity index (χ3n) is 5.40. The molecule has 0 radical (unpaired) electrons. The molecule has 0 aliphatic rings. The van der Waals surface area contributed by atoms with Crippen molar-refractivity contribution in [2.45, 2.75) is 53.9 Å². The lowest BCUT2D eigenvalue weighted by molar-refractivity contribution is 0.0986. The Morgan fingerprint density at radius 2 is 1.52 bits per heavy atom. The Kier molecular flexibility index (Phi) is 5.96. The minimum absolute atomic E-state index is 0.274. The molecule has 0 bridgehead atoms. The van der Waals surface area contributed by atoms with Crippen LogP contribution in [0.4, 0.5) is 0 Å². The molecule has 0 aliphatic carbocycles. The van der Waals surface area contributed by atoms with Gasteiger partial charge in [-0.05, 0) is 68.9 Å². The Hall–Kier alpha value is -2.19. The van der Waals surface area contributed by atoms with Crippen LogP contribution < -0.4 is 0 Å². The van der Waals surface area contributed by atoms with Gasteiger partial charge < -0.3 is 0 Å². The summed E-state index contributed by atoms with van der Waals surface area (Å²) < 4.78 is 0. The predicted octanol–water partition coefficient (Wildman–Crippen LogP) is 6.70. The van der Waals surface area contributed by atoms with Gasteiger partial charge in [0.2, 0.25) is 0 Å². The molecule has 0 spiro atoms.